The largest absolute Gasteiger partial charge is 0.497 e. The molecule has 21 heavy (non-hydrogen) atoms. The van der Waals surface area contributed by atoms with Gasteiger partial charge in [-0.05, 0) is 23.6 Å². The molecular weight excluding hydrogens is 262 g/mol. The zero-order chi connectivity index (χ0) is 15.2. The van der Waals surface area contributed by atoms with Crippen molar-refractivity contribution in [2.75, 3.05) is 46.4 Å². The van der Waals surface area contributed by atoms with E-state index in [1.165, 1.54) is 6.54 Å². The summed E-state index contributed by atoms with van der Waals surface area (Å²) in [5.41, 5.74) is 7.51. The highest BCUT2D eigenvalue weighted by Crippen LogP contribution is 2.19. The molecule has 0 radical (unpaired) electrons. The van der Waals surface area contributed by atoms with Gasteiger partial charge >= 0.3 is 0 Å². The van der Waals surface area contributed by atoms with Gasteiger partial charge in [-0.3, -0.25) is 4.90 Å². The summed E-state index contributed by atoms with van der Waals surface area (Å²) < 4.78 is 5.27. The highest BCUT2D eigenvalue weighted by molar-refractivity contribution is 5.30. The van der Waals surface area contributed by atoms with Crippen molar-refractivity contribution in [3.8, 4) is 5.75 Å². The van der Waals surface area contributed by atoms with Crippen LogP contribution in [-0.4, -0.2) is 56.2 Å². The zero-order valence-corrected chi connectivity index (χ0v) is 13.6. The van der Waals surface area contributed by atoms with Crippen molar-refractivity contribution >= 4 is 0 Å². The van der Waals surface area contributed by atoms with E-state index in [0.29, 0.717) is 0 Å². The van der Waals surface area contributed by atoms with Crippen LogP contribution in [0.4, 0.5) is 0 Å². The Balaban J connectivity index is 1.82. The molecule has 2 rings (SSSR count). The molecule has 0 bridgehead atoms. The van der Waals surface area contributed by atoms with Crippen molar-refractivity contribution in [3.63, 3.8) is 0 Å². The second kappa shape index (κ2) is 7.78. The smallest absolute Gasteiger partial charge is 0.119 e. The molecule has 0 saturated carbocycles. The topological polar surface area (TPSA) is 41.7 Å². The van der Waals surface area contributed by atoms with E-state index in [2.05, 4.69) is 29.7 Å². The number of nitrogens with zero attached hydrogens (tertiary/aromatic N) is 2. The summed E-state index contributed by atoms with van der Waals surface area (Å²) in [4.78, 5) is 5.03. The number of hydrogen-bond acceptors (Lipinski definition) is 4. The minimum atomic E-state index is 0.0525. The number of benzene rings is 1. The molecule has 1 atom stereocenters. The third kappa shape index (κ3) is 4.99. The lowest BCUT2D eigenvalue weighted by molar-refractivity contribution is 0.117. The van der Waals surface area contributed by atoms with E-state index >= 15 is 0 Å². The van der Waals surface area contributed by atoms with Gasteiger partial charge in [-0.25, -0.2) is 0 Å². The molecule has 1 saturated heterocycles. The Hall–Kier alpha value is -1.10. The van der Waals surface area contributed by atoms with Crippen LogP contribution in [-0.2, 0) is 0 Å². The van der Waals surface area contributed by atoms with Crippen LogP contribution in [0.1, 0.15) is 25.5 Å². The van der Waals surface area contributed by atoms with E-state index in [1.54, 1.807) is 7.11 Å². The van der Waals surface area contributed by atoms with Crippen LogP contribution in [0, 0.1) is 5.92 Å². The first-order valence-corrected chi connectivity index (χ1v) is 7.92. The van der Waals surface area contributed by atoms with Gasteiger partial charge in [-0.2, -0.15) is 0 Å². The Labute approximate surface area is 128 Å². The van der Waals surface area contributed by atoms with Crippen LogP contribution in [0.15, 0.2) is 24.3 Å². The summed E-state index contributed by atoms with van der Waals surface area (Å²) in [5, 5.41) is 0. The Bertz CT molecular complexity index is 428. The summed E-state index contributed by atoms with van der Waals surface area (Å²) in [7, 11) is 1.69. The van der Waals surface area contributed by atoms with Crippen LogP contribution in [0.2, 0.25) is 0 Å². The van der Waals surface area contributed by atoms with Gasteiger partial charge in [0.05, 0.1) is 7.11 Å². The van der Waals surface area contributed by atoms with Crippen LogP contribution < -0.4 is 10.5 Å². The second-order valence-corrected chi connectivity index (χ2v) is 6.38. The number of rotatable bonds is 6. The van der Waals surface area contributed by atoms with Crippen molar-refractivity contribution < 1.29 is 4.74 Å². The number of nitrogens with two attached hydrogens (primary N) is 1. The first kappa shape index (κ1) is 16.3. The fourth-order valence-corrected chi connectivity index (χ4v) is 2.93. The monoisotopic (exact) mass is 291 g/mol. The third-order valence-corrected chi connectivity index (χ3v) is 4.07. The maximum absolute atomic E-state index is 6.35. The average Bonchev–Trinajstić information content (AvgIpc) is 2.49. The summed E-state index contributed by atoms with van der Waals surface area (Å²) in [6.45, 7) is 11.2. The van der Waals surface area contributed by atoms with E-state index in [1.807, 2.05) is 18.2 Å². The predicted octanol–water partition coefficient (Wildman–Crippen LogP) is 1.97. The number of piperazine rings is 1. The Morgan fingerprint density at radius 1 is 1.10 bits per heavy atom. The zero-order valence-electron chi connectivity index (χ0n) is 13.6. The van der Waals surface area contributed by atoms with Crippen LogP contribution >= 0.6 is 0 Å². The predicted molar refractivity (Wildman–Crippen MR) is 87.6 cm³/mol. The Kier molecular flexibility index (Phi) is 6.03. The Morgan fingerprint density at radius 3 is 2.29 bits per heavy atom. The van der Waals surface area contributed by atoms with Gasteiger partial charge < -0.3 is 15.4 Å². The quantitative estimate of drug-likeness (QED) is 0.870. The summed E-state index contributed by atoms with van der Waals surface area (Å²) in [5.74, 6) is 1.63. The average molecular weight is 291 g/mol. The van der Waals surface area contributed by atoms with Crippen molar-refractivity contribution in [2.24, 2.45) is 11.7 Å². The number of methoxy groups -OCH3 is 1. The van der Waals surface area contributed by atoms with Gasteiger partial charge in [-0.15, -0.1) is 0 Å². The van der Waals surface area contributed by atoms with E-state index in [0.717, 1.165) is 50.0 Å². The first-order valence-electron chi connectivity index (χ1n) is 7.92. The van der Waals surface area contributed by atoms with Gasteiger partial charge in [0.25, 0.3) is 0 Å². The highest BCUT2D eigenvalue weighted by Gasteiger charge is 2.19. The van der Waals surface area contributed by atoms with Crippen molar-refractivity contribution in [1.29, 1.82) is 0 Å². The fourth-order valence-electron chi connectivity index (χ4n) is 2.93. The Morgan fingerprint density at radius 2 is 1.71 bits per heavy atom. The standard InChI is InChI=1S/C17H29N3O/c1-14(2)12-19-7-9-20(10-8-19)13-17(18)15-5-4-6-16(11-15)21-3/h4-6,11,14,17H,7-10,12-13,18H2,1-3H3. The first-order chi connectivity index (χ1) is 10.1. The molecule has 1 aliphatic heterocycles. The molecule has 1 aliphatic rings. The molecule has 1 heterocycles. The van der Waals surface area contributed by atoms with E-state index < -0.39 is 0 Å². The van der Waals surface area contributed by atoms with Crippen LogP contribution in [0.5, 0.6) is 5.75 Å². The highest BCUT2D eigenvalue weighted by atomic mass is 16.5. The lowest BCUT2D eigenvalue weighted by atomic mass is 10.1. The van der Waals surface area contributed by atoms with Gasteiger partial charge in [-0.1, -0.05) is 26.0 Å². The van der Waals surface area contributed by atoms with E-state index in [4.69, 9.17) is 10.5 Å². The van der Waals surface area contributed by atoms with Crippen molar-refractivity contribution in [3.05, 3.63) is 29.8 Å². The van der Waals surface area contributed by atoms with Gasteiger partial charge in [0, 0.05) is 45.3 Å². The maximum atomic E-state index is 6.35. The summed E-state index contributed by atoms with van der Waals surface area (Å²) >= 11 is 0. The molecule has 118 valence electrons. The van der Waals surface area contributed by atoms with Gasteiger partial charge in [0.1, 0.15) is 5.75 Å². The van der Waals surface area contributed by atoms with Crippen molar-refractivity contribution in [2.45, 2.75) is 19.9 Å². The molecule has 0 amide bonds. The molecular formula is C17H29N3O. The van der Waals surface area contributed by atoms with Crippen LogP contribution in [0.3, 0.4) is 0 Å². The molecule has 1 unspecified atom stereocenters. The molecule has 1 aromatic rings. The molecule has 0 aromatic heterocycles. The normalized spacial score (nSPS) is 18.9. The van der Waals surface area contributed by atoms with E-state index in [-0.39, 0.29) is 6.04 Å². The minimum Gasteiger partial charge on any atom is -0.497 e. The third-order valence-electron chi connectivity index (χ3n) is 4.07. The van der Waals surface area contributed by atoms with Crippen LogP contribution in [0.25, 0.3) is 0 Å². The second-order valence-electron chi connectivity index (χ2n) is 6.38. The minimum absolute atomic E-state index is 0.0525. The molecule has 0 spiro atoms. The van der Waals surface area contributed by atoms with E-state index in [9.17, 15) is 0 Å². The molecule has 1 aromatic carbocycles. The molecule has 0 aliphatic carbocycles. The lowest BCUT2D eigenvalue weighted by Crippen LogP contribution is -2.49. The summed E-state index contributed by atoms with van der Waals surface area (Å²) in [6, 6.07) is 8.15. The van der Waals surface area contributed by atoms with Gasteiger partial charge in [0.15, 0.2) is 0 Å². The van der Waals surface area contributed by atoms with Gasteiger partial charge in [0.2, 0.25) is 0 Å². The molecule has 1 fully saturated rings. The molecule has 2 N–H and O–H groups in total. The number of ether oxygens (including phenoxy) is 1. The molecule has 4 nitrogen and oxygen atoms in total. The maximum Gasteiger partial charge on any atom is 0.119 e. The fraction of sp³-hybridized carbons (Fsp3) is 0.647. The molecule has 4 heteroatoms. The summed E-state index contributed by atoms with van der Waals surface area (Å²) in [6.07, 6.45) is 0. The SMILES string of the molecule is COc1cccc(C(N)CN2CCN(CC(C)C)CC2)c1. The van der Waals surface area contributed by atoms with Crippen molar-refractivity contribution in [1.82, 2.24) is 9.80 Å². The lowest BCUT2D eigenvalue weighted by Gasteiger charge is -2.36. The number of hydrogen-bond donors (Lipinski definition) is 1.